The van der Waals surface area contributed by atoms with Crippen molar-refractivity contribution in [2.45, 2.75) is 79.4 Å². The average Bonchev–Trinajstić information content (AvgIpc) is 3.14. The maximum Gasteiger partial charge on any atom is 0.425 e. The van der Waals surface area contributed by atoms with Crippen molar-refractivity contribution < 1.29 is 23.8 Å². The average molecular weight is 691 g/mol. The highest BCUT2D eigenvalue weighted by Crippen LogP contribution is 2.41. The lowest BCUT2D eigenvalue weighted by Crippen LogP contribution is -2.44. The zero-order valence-corrected chi connectivity index (χ0v) is 27.1. The molecule has 0 aliphatic heterocycles. The van der Waals surface area contributed by atoms with Crippen LogP contribution in [0.4, 0.5) is 15.4 Å². The van der Waals surface area contributed by atoms with Crippen LogP contribution >= 0.6 is 45.8 Å². The number of rotatable bonds is 5. The molecule has 2 aromatic heterocycles. The van der Waals surface area contributed by atoms with Crippen molar-refractivity contribution in [3.8, 4) is 5.75 Å². The lowest BCUT2D eigenvalue weighted by molar-refractivity contribution is 0.0429. The molecule has 212 valence electrons. The third kappa shape index (κ3) is 6.89. The molecule has 0 aliphatic rings. The minimum absolute atomic E-state index is 0.0444. The standard InChI is InChI=1S/C27H33Cl2IN4O5/c1-10-37-20-16(13-17(28)15(3)18(20)30)14(2)22-32-21(29)19-23(31-11-12-33(19)22)34(24(35)38-26(4,5)6)25(36)39-27(7,8)9/h11-14H,10H2,1-9H3. The van der Waals surface area contributed by atoms with Crippen LogP contribution in [-0.2, 0) is 9.47 Å². The Kier molecular flexibility index (Phi) is 9.33. The molecule has 2 amide bonds. The number of halogens is 3. The van der Waals surface area contributed by atoms with E-state index in [0.717, 1.165) is 19.6 Å². The van der Waals surface area contributed by atoms with Crippen molar-refractivity contribution in [3.05, 3.63) is 49.2 Å². The lowest BCUT2D eigenvalue weighted by Gasteiger charge is -2.28. The van der Waals surface area contributed by atoms with Crippen LogP contribution in [0, 0.1) is 10.5 Å². The first-order chi connectivity index (χ1) is 18.0. The van der Waals surface area contributed by atoms with Crippen molar-refractivity contribution >= 4 is 69.3 Å². The van der Waals surface area contributed by atoms with E-state index in [0.29, 0.717) is 23.2 Å². The number of nitrogens with zero attached hydrogens (tertiary/aromatic N) is 4. The van der Waals surface area contributed by atoms with E-state index >= 15 is 0 Å². The van der Waals surface area contributed by atoms with Gasteiger partial charge in [0.15, 0.2) is 11.0 Å². The van der Waals surface area contributed by atoms with Crippen molar-refractivity contribution in [1.82, 2.24) is 14.4 Å². The van der Waals surface area contributed by atoms with E-state index in [2.05, 4.69) is 32.6 Å². The molecule has 39 heavy (non-hydrogen) atoms. The summed E-state index contributed by atoms with van der Waals surface area (Å²) >= 11 is 15.4. The van der Waals surface area contributed by atoms with Gasteiger partial charge in [-0.25, -0.2) is 19.6 Å². The molecule has 0 radical (unpaired) electrons. The largest absolute Gasteiger partial charge is 0.492 e. The molecule has 1 unspecified atom stereocenters. The predicted molar refractivity (Wildman–Crippen MR) is 161 cm³/mol. The Balaban J connectivity index is 2.23. The molecule has 0 saturated carbocycles. The van der Waals surface area contributed by atoms with Crippen LogP contribution in [0.25, 0.3) is 5.52 Å². The summed E-state index contributed by atoms with van der Waals surface area (Å²) in [6, 6.07) is 1.86. The van der Waals surface area contributed by atoms with Crippen molar-refractivity contribution in [2.24, 2.45) is 0 Å². The van der Waals surface area contributed by atoms with Gasteiger partial charge in [0.05, 0.1) is 10.2 Å². The summed E-state index contributed by atoms with van der Waals surface area (Å²) < 4.78 is 19.6. The highest BCUT2D eigenvalue weighted by atomic mass is 127. The summed E-state index contributed by atoms with van der Waals surface area (Å²) in [5.74, 6) is 0.825. The fraction of sp³-hybridized carbons (Fsp3) is 0.481. The minimum Gasteiger partial charge on any atom is -0.492 e. The molecule has 0 aliphatic carbocycles. The normalized spacial score (nSPS) is 12.8. The molecular formula is C27H33Cl2IN4O5. The molecule has 12 heteroatoms. The van der Waals surface area contributed by atoms with Gasteiger partial charge in [-0.15, -0.1) is 0 Å². The van der Waals surface area contributed by atoms with E-state index in [1.165, 1.54) is 6.20 Å². The van der Waals surface area contributed by atoms with E-state index in [9.17, 15) is 9.59 Å². The van der Waals surface area contributed by atoms with Crippen molar-refractivity contribution in [1.29, 1.82) is 0 Å². The van der Waals surface area contributed by atoms with E-state index in [1.54, 1.807) is 52.1 Å². The third-order valence-corrected chi connectivity index (χ3v) is 7.41. The maximum atomic E-state index is 13.3. The number of ether oxygens (including phenoxy) is 3. The zero-order valence-electron chi connectivity index (χ0n) is 23.5. The maximum absolute atomic E-state index is 13.3. The number of anilines is 1. The Morgan fingerprint density at radius 2 is 1.67 bits per heavy atom. The molecule has 1 aromatic carbocycles. The fourth-order valence-corrected chi connectivity index (χ4v) is 5.19. The number of imidazole rings is 1. The number of hydrogen-bond acceptors (Lipinski definition) is 7. The summed E-state index contributed by atoms with van der Waals surface area (Å²) in [6.45, 7) is 16.4. The Morgan fingerprint density at radius 3 is 2.18 bits per heavy atom. The highest BCUT2D eigenvalue weighted by molar-refractivity contribution is 14.1. The summed E-state index contributed by atoms with van der Waals surface area (Å²) in [7, 11) is 0. The SMILES string of the molecule is CCOc1c(C(C)c2nc(Cl)c3c(N(C(=O)OC(C)(C)C)C(=O)OC(C)(C)C)nccn23)cc(Cl)c(C)c1I. The first-order valence-electron chi connectivity index (χ1n) is 12.4. The van der Waals surface area contributed by atoms with Crippen LogP contribution in [0.5, 0.6) is 5.75 Å². The topological polar surface area (TPSA) is 95.3 Å². The Hall–Kier alpha value is -2.31. The highest BCUT2D eigenvalue weighted by Gasteiger charge is 2.36. The first kappa shape index (κ1) is 31.2. The molecule has 3 rings (SSSR count). The number of carbonyl (C=O) groups excluding carboxylic acids is 2. The van der Waals surface area contributed by atoms with Gasteiger partial charge in [-0.1, -0.05) is 30.1 Å². The van der Waals surface area contributed by atoms with Gasteiger partial charge in [0, 0.05) is 28.9 Å². The number of hydrogen-bond donors (Lipinski definition) is 0. The number of fused-ring (bicyclic) bond motifs is 1. The second-order valence-corrected chi connectivity index (χ2v) is 12.7. The van der Waals surface area contributed by atoms with Crippen LogP contribution in [0.2, 0.25) is 10.2 Å². The van der Waals surface area contributed by atoms with Gasteiger partial charge in [0.2, 0.25) is 0 Å². The van der Waals surface area contributed by atoms with Gasteiger partial charge in [-0.05, 0) is 89.6 Å². The summed E-state index contributed by atoms with van der Waals surface area (Å²) in [5.41, 5.74) is 0.200. The van der Waals surface area contributed by atoms with Crippen LogP contribution in [0.1, 0.15) is 78.3 Å². The summed E-state index contributed by atoms with van der Waals surface area (Å²) in [4.78, 5) is 36.3. The molecule has 2 heterocycles. The zero-order chi connectivity index (χ0) is 29.4. The lowest BCUT2D eigenvalue weighted by atomic mass is 9.97. The van der Waals surface area contributed by atoms with E-state index in [1.807, 2.05) is 26.8 Å². The molecule has 0 bridgehead atoms. The van der Waals surface area contributed by atoms with Gasteiger partial charge in [0.1, 0.15) is 28.3 Å². The quantitative estimate of drug-likeness (QED) is 0.249. The Labute approximate surface area is 252 Å². The third-order valence-electron chi connectivity index (χ3n) is 5.46. The molecular weight excluding hydrogens is 658 g/mol. The Morgan fingerprint density at radius 1 is 1.10 bits per heavy atom. The number of aromatic nitrogens is 3. The molecule has 9 nitrogen and oxygen atoms in total. The van der Waals surface area contributed by atoms with Crippen LogP contribution in [0.3, 0.4) is 0 Å². The number of imide groups is 1. The Bertz CT molecular complexity index is 1380. The number of amides is 2. The molecule has 0 N–H and O–H groups in total. The molecule has 0 spiro atoms. The fourth-order valence-electron chi connectivity index (χ4n) is 3.80. The van der Waals surface area contributed by atoms with Crippen LogP contribution in [0.15, 0.2) is 18.5 Å². The smallest absolute Gasteiger partial charge is 0.425 e. The summed E-state index contributed by atoms with van der Waals surface area (Å²) in [5, 5.41) is 0.642. The van der Waals surface area contributed by atoms with Crippen LogP contribution in [-0.4, -0.2) is 44.4 Å². The molecule has 0 fully saturated rings. The second-order valence-electron chi connectivity index (χ2n) is 10.9. The molecule has 0 saturated heterocycles. The predicted octanol–water partition coefficient (Wildman–Crippen LogP) is 8.18. The monoisotopic (exact) mass is 690 g/mol. The first-order valence-corrected chi connectivity index (χ1v) is 14.2. The second kappa shape index (κ2) is 11.7. The molecule has 1 atom stereocenters. The molecule has 3 aromatic rings. The van der Waals surface area contributed by atoms with Gasteiger partial charge in [0.25, 0.3) is 0 Å². The van der Waals surface area contributed by atoms with Crippen molar-refractivity contribution in [3.63, 3.8) is 0 Å². The summed E-state index contributed by atoms with van der Waals surface area (Å²) in [6.07, 6.45) is 1.20. The number of carbonyl (C=O) groups is 2. The van der Waals surface area contributed by atoms with Crippen molar-refractivity contribution in [2.75, 3.05) is 11.5 Å². The van der Waals surface area contributed by atoms with Gasteiger partial charge >= 0.3 is 12.2 Å². The van der Waals surface area contributed by atoms with E-state index in [-0.39, 0.29) is 22.4 Å². The van der Waals surface area contributed by atoms with Crippen LogP contribution < -0.4 is 9.64 Å². The van der Waals surface area contributed by atoms with Gasteiger partial charge in [-0.2, -0.15) is 4.90 Å². The van der Waals surface area contributed by atoms with Gasteiger partial charge < -0.3 is 14.2 Å². The van der Waals surface area contributed by atoms with Gasteiger partial charge in [-0.3, -0.25) is 4.40 Å². The number of benzene rings is 1. The van der Waals surface area contributed by atoms with E-state index < -0.39 is 23.4 Å². The van der Waals surface area contributed by atoms with E-state index in [4.69, 9.17) is 37.4 Å². The minimum atomic E-state index is -0.956.